The summed E-state index contributed by atoms with van der Waals surface area (Å²) in [6, 6.07) is 11.7. The van der Waals surface area contributed by atoms with Crippen LogP contribution in [-0.4, -0.2) is 40.8 Å². The molecule has 1 aliphatic heterocycles. The topological polar surface area (TPSA) is 74.7 Å². The van der Waals surface area contributed by atoms with Crippen LogP contribution in [0.3, 0.4) is 0 Å². The normalized spacial score (nSPS) is 19.6. The van der Waals surface area contributed by atoms with Gasteiger partial charge in [0.05, 0.1) is 11.5 Å². The fourth-order valence-corrected chi connectivity index (χ4v) is 3.49. The average molecular weight is 369 g/mol. The first-order chi connectivity index (χ1) is 12.9. The first-order valence-electron chi connectivity index (χ1n) is 8.80. The zero-order chi connectivity index (χ0) is 19.6. The predicted molar refractivity (Wildman–Crippen MR) is 97.1 cm³/mol. The van der Waals surface area contributed by atoms with Crippen LogP contribution in [-0.2, 0) is 4.79 Å². The molecule has 0 aliphatic carbocycles. The highest BCUT2D eigenvalue weighted by Crippen LogP contribution is 2.26. The number of hydrogen-bond acceptors (Lipinski definition) is 3. The Morgan fingerprint density at radius 2 is 1.67 bits per heavy atom. The highest BCUT2D eigenvalue weighted by atomic mass is 19.1. The molecule has 0 aromatic heterocycles. The zero-order valence-electron chi connectivity index (χ0n) is 14.9. The molecule has 5 nitrogen and oxygen atoms in total. The number of nitrogens with zero attached hydrogens (tertiary/aromatic N) is 1. The lowest BCUT2D eigenvalue weighted by molar-refractivity contribution is -0.145. The van der Waals surface area contributed by atoms with Gasteiger partial charge in [0.1, 0.15) is 5.82 Å². The van der Waals surface area contributed by atoms with E-state index in [1.54, 1.807) is 29.2 Å². The van der Waals surface area contributed by atoms with Crippen LogP contribution in [0.15, 0.2) is 48.5 Å². The first-order valence-corrected chi connectivity index (χ1v) is 8.80. The molecule has 140 valence electrons. The molecule has 6 heteroatoms. The largest absolute Gasteiger partial charge is 0.481 e. The molecule has 1 fully saturated rings. The Labute approximate surface area is 156 Å². The van der Waals surface area contributed by atoms with Crippen LogP contribution in [0.5, 0.6) is 0 Å². The number of carboxylic acid groups (broad SMARTS) is 1. The minimum atomic E-state index is -0.846. The van der Waals surface area contributed by atoms with Crippen LogP contribution in [0, 0.1) is 17.7 Å². The van der Waals surface area contributed by atoms with Crippen LogP contribution >= 0.6 is 0 Å². The summed E-state index contributed by atoms with van der Waals surface area (Å²) in [7, 11) is 0. The number of aliphatic carboxylic acids is 1. The number of hydrogen-bond donors (Lipinski definition) is 1. The fourth-order valence-electron chi connectivity index (χ4n) is 3.49. The lowest BCUT2D eigenvalue weighted by Crippen LogP contribution is -2.45. The van der Waals surface area contributed by atoms with Gasteiger partial charge in [-0.05, 0) is 42.7 Å². The number of carboxylic acids is 1. The maximum Gasteiger partial charge on any atom is 0.306 e. The minimum Gasteiger partial charge on any atom is -0.481 e. The van der Waals surface area contributed by atoms with Crippen LogP contribution in [0.2, 0.25) is 0 Å². The van der Waals surface area contributed by atoms with E-state index in [-0.39, 0.29) is 28.7 Å². The molecule has 0 radical (unpaired) electrons. The minimum absolute atomic E-state index is 0.167. The van der Waals surface area contributed by atoms with Gasteiger partial charge in [-0.1, -0.05) is 25.1 Å². The van der Waals surface area contributed by atoms with Gasteiger partial charge in [-0.15, -0.1) is 0 Å². The smallest absolute Gasteiger partial charge is 0.306 e. The number of carbonyl (C=O) groups is 3. The van der Waals surface area contributed by atoms with Gasteiger partial charge < -0.3 is 10.0 Å². The number of piperidine rings is 1. The Bertz CT molecular complexity index is 878. The van der Waals surface area contributed by atoms with Crippen LogP contribution < -0.4 is 0 Å². The Balaban J connectivity index is 1.85. The quantitative estimate of drug-likeness (QED) is 0.840. The van der Waals surface area contributed by atoms with Crippen molar-refractivity contribution in [1.82, 2.24) is 4.90 Å². The molecule has 1 amide bonds. The van der Waals surface area contributed by atoms with E-state index >= 15 is 0 Å². The molecular weight excluding hydrogens is 349 g/mol. The van der Waals surface area contributed by atoms with Crippen molar-refractivity contribution in [3.8, 4) is 0 Å². The highest BCUT2D eigenvalue weighted by Gasteiger charge is 2.34. The van der Waals surface area contributed by atoms with Gasteiger partial charge in [0.25, 0.3) is 5.91 Å². The van der Waals surface area contributed by atoms with E-state index < -0.39 is 17.7 Å². The lowest BCUT2D eigenvalue weighted by Gasteiger charge is -2.35. The van der Waals surface area contributed by atoms with Crippen LogP contribution in [0.25, 0.3) is 0 Å². The third-order valence-electron chi connectivity index (χ3n) is 5.02. The number of amides is 1. The Morgan fingerprint density at radius 3 is 2.26 bits per heavy atom. The van der Waals surface area contributed by atoms with E-state index in [2.05, 4.69) is 0 Å². The molecule has 2 aromatic carbocycles. The zero-order valence-corrected chi connectivity index (χ0v) is 14.9. The van der Waals surface area contributed by atoms with Crippen molar-refractivity contribution in [3.05, 3.63) is 71.0 Å². The number of halogens is 1. The molecular formula is C21H20FNO4. The first kappa shape index (κ1) is 18.8. The second-order valence-electron chi connectivity index (χ2n) is 6.84. The Kier molecular flexibility index (Phi) is 5.35. The van der Waals surface area contributed by atoms with Crippen LogP contribution in [0.4, 0.5) is 4.39 Å². The molecule has 3 rings (SSSR count). The van der Waals surface area contributed by atoms with Crippen molar-refractivity contribution < 1.29 is 23.9 Å². The van der Waals surface area contributed by atoms with Gasteiger partial charge in [-0.3, -0.25) is 14.4 Å². The van der Waals surface area contributed by atoms with Gasteiger partial charge in [0, 0.05) is 24.2 Å². The summed E-state index contributed by atoms with van der Waals surface area (Å²) in [6.07, 6.45) is 0.385. The molecule has 2 aromatic rings. The maximum atomic E-state index is 13.1. The van der Waals surface area contributed by atoms with Crippen LogP contribution in [0.1, 0.15) is 39.6 Å². The van der Waals surface area contributed by atoms with E-state index in [9.17, 15) is 23.9 Å². The molecule has 1 aliphatic rings. The second kappa shape index (κ2) is 7.70. The van der Waals surface area contributed by atoms with E-state index in [0.717, 1.165) is 0 Å². The third-order valence-corrected chi connectivity index (χ3v) is 5.02. The van der Waals surface area contributed by atoms with E-state index in [1.165, 1.54) is 24.3 Å². The molecule has 0 spiro atoms. The van der Waals surface area contributed by atoms with Crippen molar-refractivity contribution in [3.63, 3.8) is 0 Å². The number of rotatable bonds is 4. The van der Waals surface area contributed by atoms with Gasteiger partial charge in [-0.25, -0.2) is 4.39 Å². The summed E-state index contributed by atoms with van der Waals surface area (Å²) in [5, 5.41) is 9.24. The van der Waals surface area contributed by atoms with Gasteiger partial charge in [0.2, 0.25) is 0 Å². The summed E-state index contributed by atoms with van der Waals surface area (Å²) in [4.78, 5) is 38.7. The third kappa shape index (κ3) is 3.89. The number of ketones is 1. The van der Waals surface area contributed by atoms with Gasteiger partial charge in [0.15, 0.2) is 5.78 Å². The number of benzene rings is 2. The van der Waals surface area contributed by atoms with Gasteiger partial charge >= 0.3 is 5.97 Å². The molecule has 2 atom stereocenters. The molecule has 1 saturated heterocycles. The summed E-state index contributed by atoms with van der Waals surface area (Å²) in [6.45, 7) is 2.47. The molecule has 2 unspecified atom stereocenters. The SMILES string of the molecule is CC1CN(C(=O)c2ccccc2C(=O)c2ccc(F)cc2)CCC1C(=O)O. The van der Waals surface area contributed by atoms with Crippen molar-refractivity contribution in [2.45, 2.75) is 13.3 Å². The van der Waals surface area contributed by atoms with Crippen molar-refractivity contribution in [2.24, 2.45) is 11.8 Å². The van der Waals surface area contributed by atoms with Crippen molar-refractivity contribution in [2.75, 3.05) is 13.1 Å². The number of carbonyl (C=O) groups excluding carboxylic acids is 2. The van der Waals surface area contributed by atoms with Crippen molar-refractivity contribution >= 4 is 17.7 Å². The fraction of sp³-hybridized carbons (Fsp3) is 0.286. The molecule has 1 N–H and O–H groups in total. The standard InChI is InChI=1S/C21H20FNO4/c1-13-12-23(11-10-16(13)21(26)27)20(25)18-5-3-2-4-17(18)19(24)14-6-8-15(22)9-7-14/h2-9,13,16H,10-12H2,1H3,(H,26,27). The maximum absolute atomic E-state index is 13.1. The van der Waals surface area contributed by atoms with E-state index in [0.29, 0.717) is 25.1 Å². The summed E-state index contributed by atoms with van der Waals surface area (Å²) in [5.41, 5.74) is 0.824. The lowest BCUT2D eigenvalue weighted by atomic mass is 9.86. The Hall–Kier alpha value is -3.02. The summed E-state index contributed by atoms with van der Waals surface area (Å²) < 4.78 is 13.1. The molecule has 0 saturated carbocycles. The Morgan fingerprint density at radius 1 is 1.04 bits per heavy atom. The summed E-state index contributed by atoms with van der Waals surface area (Å²) >= 11 is 0. The van der Waals surface area contributed by atoms with E-state index in [4.69, 9.17) is 0 Å². The second-order valence-corrected chi connectivity index (χ2v) is 6.84. The van der Waals surface area contributed by atoms with Gasteiger partial charge in [-0.2, -0.15) is 0 Å². The summed E-state index contributed by atoms with van der Waals surface area (Å²) in [5.74, 6) is -2.57. The highest BCUT2D eigenvalue weighted by molar-refractivity contribution is 6.15. The monoisotopic (exact) mass is 369 g/mol. The van der Waals surface area contributed by atoms with E-state index in [1.807, 2.05) is 6.92 Å². The molecule has 0 bridgehead atoms. The molecule has 1 heterocycles. The molecule has 27 heavy (non-hydrogen) atoms. The number of likely N-dealkylation sites (tertiary alicyclic amines) is 1. The predicted octanol–water partition coefficient (Wildman–Crippen LogP) is 3.24. The average Bonchev–Trinajstić information content (AvgIpc) is 2.67. The van der Waals surface area contributed by atoms with Crippen molar-refractivity contribution in [1.29, 1.82) is 0 Å².